The van der Waals surface area contributed by atoms with E-state index in [0.29, 0.717) is 24.2 Å². The summed E-state index contributed by atoms with van der Waals surface area (Å²) in [5.74, 6) is 0.957. The topological polar surface area (TPSA) is 69.1 Å². The fourth-order valence-corrected chi connectivity index (χ4v) is 3.75. The van der Waals surface area contributed by atoms with Crippen LogP contribution in [0.4, 0.5) is 5.69 Å². The lowest BCUT2D eigenvalue weighted by molar-refractivity contribution is -0.108. The molecule has 0 radical (unpaired) electrons. The number of hydrogen-bond acceptors (Lipinski definition) is 5. The quantitative estimate of drug-likeness (QED) is 0.517. The number of amides is 1. The van der Waals surface area contributed by atoms with Crippen LogP contribution in [0.25, 0.3) is 5.70 Å². The molecule has 1 fully saturated rings. The summed E-state index contributed by atoms with van der Waals surface area (Å²) in [7, 11) is 0. The van der Waals surface area contributed by atoms with Gasteiger partial charge in [-0.25, -0.2) is 4.99 Å². The van der Waals surface area contributed by atoms with Crippen molar-refractivity contribution >= 4 is 29.3 Å². The van der Waals surface area contributed by atoms with Crippen LogP contribution >= 0.6 is 0 Å². The molecule has 32 heavy (non-hydrogen) atoms. The van der Waals surface area contributed by atoms with E-state index >= 15 is 0 Å². The summed E-state index contributed by atoms with van der Waals surface area (Å²) in [6.45, 7) is 13.6. The summed E-state index contributed by atoms with van der Waals surface area (Å²) in [4.78, 5) is 23.1. The van der Waals surface area contributed by atoms with Gasteiger partial charge in [-0.15, -0.1) is 0 Å². The molecule has 2 N–H and O–H groups in total. The lowest BCUT2D eigenvalue weighted by atomic mass is 10.0. The average Bonchev–Trinajstić information content (AvgIpc) is 2.77. The lowest BCUT2D eigenvalue weighted by Crippen LogP contribution is -2.48. The zero-order chi connectivity index (χ0) is 23.1. The molecule has 2 heterocycles. The third-order valence-corrected chi connectivity index (χ3v) is 6.13. The van der Waals surface area contributed by atoms with Crippen LogP contribution in [0.2, 0.25) is 0 Å². The molecular formula is C26H35N5O. The number of aryl methyl sites for hydroxylation is 1. The van der Waals surface area contributed by atoms with E-state index in [1.54, 1.807) is 0 Å². The highest BCUT2D eigenvalue weighted by Gasteiger charge is 2.17. The van der Waals surface area contributed by atoms with Gasteiger partial charge >= 0.3 is 0 Å². The van der Waals surface area contributed by atoms with Crippen molar-refractivity contribution in [2.75, 3.05) is 19.6 Å². The second kappa shape index (κ2) is 11.0. The number of allylic oxidation sites excluding steroid dienone is 3. The molecule has 2 aliphatic rings. The molecule has 1 aromatic rings. The number of carbonyl (C=O) groups excluding carboxylic acids is 1. The minimum Gasteiger partial charge on any atom is -0.369 e. The van der Waals surface area contributed by atoms with Crippen LogP contribution in [-0.2, 0) is 4.79 Å². The monoisotopic (exact) mass is 433 g/mol. The van der Waals surface area contributed by atoms with Crippen molar-refractivity contribution in [1.29, 1.82) is 0 Å². The van der Waals surface area contributed by atoms with Gasteiger partial charge in [0.1, 0.15) is 5.84 Å². The summed E-state index contributed by atoms with van der Waals surface area (Å²) < 4.78 is 0. The number of benzene rings is 1. The van der Waals surface area contributed by atoms with Gasteiger partial charge in [0.2, 0.25) is 6.41 Å². The second-order valence-electron chi connectivity index (χ2n) is 8.60. The molecule has 1 amide bonds. The molecule has 6 heteroatoms. The number of nitrogens with zero attached hydrogens (tertiary/aromatic N) is 3. The van der Waals surface area contributed by atoms with Crippen molar-refractivity contribution in [3.63, 3.8) is 0 Å². The minimum atomic E-state index is 0.430. The SMILES string of the molecule is CCC(C)/C(C)=N\c1cc(C2=C\C=C(N3CCN[C@@H](C)C3)/C=C\C(NC=O)=N\2)ccc1C. The predicted octanol–water partition coefficient (Wildman–Crippen LogP) is 4.37. The molecule has 170 valence electrons. The Balaban J connectivity index is 2.01. The molecule has 0 spiro atoms. The third-order valence-electron chi connectivity index (χ3n) is 6.13. The van der Waals surface area contributed by atoms with Gasteiger partial charge in [-0.05, 0) is 69.0 Å². The van der Waals surface area contributed by atoms with Crippen LogP contribution < -0.4 is 10.6 Å². The number of nitrogens with one attached hydrogen (secondary N) is 2. The van der Waals surface area contributed by atoms with Gasteiger partial charge in [0, 0.05) is 42.6 Å². The fourth-order valence-electron chi connectivity index (χ4n) is 3.75. The van der Waals surface area contributed by atoms with Crippen molar-refractivity contribution in [1.82, 2.24) is 15.5 Å². The normalized spacial score (nSPS) is 26.4. The largest absolute Gasteiger partial charge is 0.369 e. The van der Waals surface area contributed by atoms with Gasteiger partial charge in [0.15, 0.2) is 0 Å². The fraction of sp³-hybridized carbons (Fsp3) is 0.423. The Kier molecular flexibility index (Phi) is 8.17. The first-order chi connectivity index (χ1) is 15.4. The maximum atomic E-state index is 11.2. The van der Waals surface area contributed by atoms with E-state index in [2.05, 4.69) is 74.4 Å². The molecule has 1 unspecified atom stereocenters. The Morgan fingerprint density at radius 1 is 1.38 bits per heavy atom. The number of aliphatic imine (C=N–C) groups is 2. The van der Waals surface area contributed by atoms with Crippen molar-refractivity contribution in [3.8, 4) is 0 Å². The van der Waals surface area contributed by atoms with Crippen LogP contribution in [-0.4, -0.2) is 48.5 Å². The van der Waals surface area contributed by atoms with Crippen LogP contribution in [0, 0.1) is 12.8 Å². The molecule has 0 bridgehead atoms. The summed E-state index contributed by atoms with van der Waals surface area (Å²) in [5, 5.41) is 6.20. The molecule has 6 nitrogen and oxygen atoms in total. The molecule has 1 saturated heterocycles. The molecule has 2 atom stereocenters. The number of amidine groups is 1. The summed E-state index contributed by atoms with van der Waals surface area (Å²) in [5.41, 5.74) is 6.08. The van der Waals surface area contributed by atoms with Crippen LogP contribution in [0.1, 0.15) is 45.2 Å². The van der Waals surface area contributed by atoms with Gasteiger partial charge in [-0.2, -0.15) is 0 Å². The Hall–Kier alpha value is -2.99. The van der Waals surface area contributed by atoms with E-state index < -0.39 is 0 Å². The van der Waals surface area contributed by atoms with Crippen molar-refractivity contribution in [3.05, 3.63) is 59.3 Å². The molecule has 2 aliphatic heterocycles. The van der Waals surface area contributed by atoms with Crippen LogP contribution in [0.3, 0.4) is 0 Å². The van der Waals surface area contributed by atoms with Gasteiger partial charge in [0.05, 0.1) is 11.4 Å². The molecular weight excluding hydrogens is 398 g/mol. The molecule has 0 saturated carbocycles. The maximum absolute atomic E-state index is 11.2. The summed E-state index contributed by atoms with van der Waals surface area (Å²) >= 11 is 0. The van der Waals surface area contributed by atoms with E-state index in [9.17, 15) is 4.79 Å². The lowest BCUT2D eigenvalue weighted by Gasteiger charge is -2.34. The van der Waals surface area contributed by atoms with Crippen molar-refractivity contribution in [2.45, 2.75) is 47.1 Å². The second-order valence-corrected chi connectivity index (χ2v) is 8.60. The average molecular weight is 434 g/mol. The van der Waals surface area contributed by atoms with Crippen LogP contribution in [0.5, 0.6) is 0 Å². The highest BCUT2D eigenvalue weighted by Crippen LogP contribution is 2.27. The minimum absolute atomic E-state index is 0.430. The first kappa shape index (κ1) is 23.7. The zero-order valence-corrected chi connectivity index (χ0v) is 19.9. The number of hydrogen-bond donors (Lipinski definition) is 2. The first-order valence-corrected chi connectivity index (χ1v) is 11.4. The number of carbonyl (C=O) groups is 1. The Morgan fingerprint density at radius 2 is 2.19 bits per heavy atom. The van der Waals surface area contributed by atoms with Gasteiger partial charge in [-0.3, -0.25) is 9.79 Å². The van der Waals surface area contributed by atoms with E-state index in [0.717, 1.165) is 60.0 Å². The Labute approximate surface area is 191 Å². The number of rotatable bonds is 6. The van der Waals surface area contributed by atoms with E-state index in [-0.39, 0.29) is 0 Å². The van der Waals surface area contributed by atoms with Gasteiger partial charge in [0.25, 0.3) is 0 Å². The summed E-state index contributed by atoms with van der Waals surface area (Å²) in [6.07, 6.45) is 9.74. The van der Waals surface area contributed by atoms with Gasteiger partial charge in [-0.1, -0.05) is 26.0 Å². The first-order valence-electron chi connectivity index (χ1n) is 11.4. The highest BCUT2D eigenvalue weighted by molar-refractivity contribution is 6.02. The summed E-state index contributed by atoms with van der Waals surface area (Å²) in [6, 6.07) is 6.66. The van der Waals surface area contributed by atoms with E-state index in [4.69, 9.17) is 9.98 Å². The maximum Gasteiger partial charge on any atom is 0.212 e. The smallest absolute Gasteiger partial charge is 0.212 e. The van der Waals surface area contributed by atoms with E-state index in [1.165, 1.54) is 0 Å². The Bertz CT molecular complexity index is 986. The third kappa shape index (κ3) is 6.04. The van der Waals surface area contributed by atoms with Crippen molar-refractivity contribution in [2.24, 2.45) is 15.9 Å². The molecule has 3 rings (SSSR count). The molecule has 1 aromatic carbocycles. The predicted molar refractivity (Wildman–Crippen MR) is 134 cm³/mol. The molecule has 0 aromatic heterocycles. The van der Waals surface area contributed by atoms with E-state index in [1.807, 2.05) is 18.2 Å². The molecule has 0 aliphatic carbocycles. The standard InChI is InChI=1S/C26H35N5O/c1-6-18(2)21(5)29-25-15-22(8-7-19(25)3)24-11-9-23(10-12-26(30-24)28-17-32)31-14-13-27-20(4)16-31/h7-12,15,17-18,20,27H,6,13-14,16H2,1-5H3,(H,28,30,32)/b29-21-/t18?,20-/m0/s1. The zero-order valence-electron chi connectivity index (χ0n) is 19.9. The van der Waals surface area contributed by atoms with Gasteiger partial charge < -0.3 is 15.5 Å². The van der Waals surface area contributed by atoms with Crippen LogP contribution in [0.15, 0.2) is 58.2 Å². The Morgan fingerprint density at radius 3 is 2.91 bits per heavy atom. The highest BCUT2D eigenvalue weighted by atomic mass is 16.1. The van der Waals surface area contributed by atoms with Crippen molar-refractivity contribution < 1.29 is 4.79 Å². The number of piperazine rings is 1.